The Kier molecular flexibility index (Phi) is 5.81. The van der Waals surface area contributed by atoms with Gasteiger partial charge in [0.15, 0.2) is 0 Å². The Morgan fingerprint density at radius 3 is 2.21 bits per heavy atom. The first-order valence-corrected chi connectivity index (χ1v) is 8.99. The minimum absolute atomic E-state index is 0.132. The number of sulfonamides is 1. The summed E-state index contributed by atoms with van der Waals surface area (Å²) in [6, 6.07) is 12.4. The van der Waals surface area contributed by atoms with Gasteiger partial charge in [0.25, 0.3) is 15.9 Å². The third kappa shape index (κ3) is 4.48. The van der Waals surface area contributed by atoms with Crippen molar-refractivity contribution in [1.82, 2.24) is 5.32 Å². The molecule has 0 aliphatic heterocycles. The van der Waals surface area contributed by atoms with Gasteiger partial charge in [-0.1, -0.05) is 6.92 Å². The second-order valence-electron chi connectivity index (χ2n) is 5.11. The lowest BCUT2D eigenvalue weighted by Crippen LogP contribution is -2.23. The molecular weight excluding hydrogens is 328 g/mol. The molecular formula is C17H20N2O4S. The number of nitrogens with one attached hydrogen (secondary N) is 2. The fourth-order valence-electron chi connectivity index (χ4n) is 2.00. The number of benzene rings is 2. The Bertz CT molecular complexity index is 784. The summed E-state index contributed by atoms with van der Waals surface area (Å²) in [5.74, 6) is 0.401. The smallest absolute Gasteiger partial charge is 0.261 e. The summed E-state index contributed by atoms with van der Waals surface area (Å²) in [5, 5.41) is 2.76. The molecule has 0 aliphatic carbocycles. The van der Waals surface area contributed by atoms with Crippen LogP contribution in [0.3, 0.4) is 0 Å². The molecule has 24 heavy (non-hydrogen) atoms. The zero-order chi connectivity index (χ0) is 17.6. The van der Waals surface area contributed by atoms with E-state index < -0.39 is 10.0 Å². The van der Waals surface area contributed by atoms with E-state index in [2.05, 4.69) is 10.0 Å². The van der Waals surface area contributed by atoms with Crippen LogP contribution < -0.4 is 14.8 Å². The van der Waals surface area contributed by atoms with Gasteiger partial charge in [0.05, 0.1) is 12.0 Å². The molecule has 0 heterocycles. The van der Waals surface area contributed by atoms with Crippen LogP contribution in [0.15, 0.2) is 53.4 Å². The lowest BCUT2D eigenvalue weighted by atomic mass is 10.2. The molecule has 2 rings (SSSR count). The highest BCUT2D eigenvalue weighted by molar-refractivity contribution is 7.92. The van der Waals surface area contributed by atoms with E-state index >= 15 is 0 Å². The summed E-state index contributed by atoms with van der Waals surface area (Å²) < 4.78 is 32.2. The number of rotatable bonds is 7. The molecule has 7 heteroatoms. The summed E-state index contributed by atoms with van der Waals surface area (Å²) in [4.78, 5) is 12.0. The lowest BCUT2D eigenvalue weighted by Gasteiger charge is -2.09. The summed E-state index contributed by atoms with van der Waals surface area (Å²) in [5.41, 5.74) is 0.869. The van der Waals surface area contributed by atoms with Crippen molar-refractivity contribution in [2.75, 3.05) is 18.4 Å². The Balaban J connectivity index is 2.10. The predicted octanol–water partition coefficient (Wildman–Crippen LogP) is 2.64. The molecule has 2 N–H and O–H groups in total. The van der Waals surface area contributed by atoms with Crippen molar-refractivity contribution in [3.05, 3.63) is 54.1 Å². The maximum absolute atomic E-state index is 12.3. The number of methoxy groups -OCH3 is 1. The van der Waals surface area contributed by atoms with E-state index in [9.17, 15) is 13.2 Å². The van der Waals surface area contributed by atoms with Gasteiger partial charge in [0.1, 0.15) is 5.75 Å². The minimum atomic E-state index is -3.69. The van der Waals surface area contributed by atoms with Crippen molar-refractivity contribution in [3.63, 3.8) is 0 Å². The maximum atomic E-state index is 12.3. The molecule has 0 aromatic heterocycles. The molecule has 0 saturated heterocycles. The van der Waals surface area contributed by atoms with E-state index in [-0.39, 0.29) is 10.8 Å². The number of carbonyl (C=O) groups is 1. The molecule has 0 bridgehead atoms. The number of anilines is 1. The van der Waals surface area contributed by atoms with E-state index in [1.54, 1.807) is 36.4 Å². The molecule has 0 saturated carbocycles. The number of hydrogen-bond acceptors (Lipinski definition) is 4. The third-order valence-electron chi connectivity index (χ3n) is 3.30. The van der Waals surface area contributed by atoms with Gasteiger partial charge in [0, 0.05) is 17.8 Å². The first-order valence-electron chi connectivity index (χ1n) is 7.51. The highest BCUT2D eigenvalue weighted by atomic mass is 32.2. The highest BCUT2D eigenvalue weighted by Crippen LogP contribution is 2.19. The molecule has 0 spiro atoms. The molecule has 2 aromatic carbocycles. The van der Waals surface area contributed by atoms with E-state index in [0.717, 1.165) is 6.42 Å². The van der Waals surface area contributed by atoms with E-state index in [0.29, 0.717) is 23.5 Å². The molecule has 0 fully saturated rings. The average molecular weight is 348 g/mol. The van der Waals surface area contributed by atoms with Gasteiger partial charge < -0.3 is 10.1 Å². The molecule has 1 amide bonds. The average Bonchev–Trinajstić information content (AvgIpc) is 2.60. The van der Waals surface area contributed by atoms with Crippen molar-refractivity contribution in [2.24, 2.45) is 0 Å². The van der Waals surface area contributed by atoms with Crippen molar-refractivity contribution in [1.29, 1.82) is 0 Å². The van der Waals surface area contributed by atoms with Crippen LogP contribution >= 0.6 is 0 Å². The van der Waals surface area contributed by atoms with Crippen LogP contribution in [0.5, 0.6) is 5.75 Å². The summed E-state index contributed by atoms with van der Waals surface area (Å²) in [6.07, 6.45) is 0.853. The first kappa shape index (κ1) is 17.8. The summed E-state index contributed by atoms with van der Waals surface area (Å²) >= 11 is 0. The Morgan fingerprint density at radius 2 is 1.67 bits per heavy atom. The van der Waals surface area contributed by atoms with E-state index in [1.165, 1.54) is 19.2 Å². The quantitative estimate of drug-likeness (QED) is 0.805. The number of amides is 1. The van der Waals surface area contributed by atoms with Crippen molar-refractivity contribution in [2.45, 2.75) is 18.2 Å². The standard InChI is InChI=1S/C17H20N2O4S/c1-3-12-18-17(20)13-4-6-14(7-5-13)19-24(21,22)16-10-8-15(23-2)9-11-16/h4-11,19H,3,12H2,1-2H3,(H,18,20). The normalized spacial score (nSPS) is 10.9. The zero-order valence-corrected chi connectivity index (χ0v) is 14.4. The first-order chi connectivity index (χ1) is 11.5. The number of carbonyl (C=O) groups excluding carboxylic acids is 1. The Morgan fingerprint density at radius 1 is 1.04 bits per heavy atom. The van der Waals surface area contributed by atoms with Gasteiger partial charge in [-0.05, 0) is 55.0 Å². The minimum Gasteiger partial charge on any atom is -0.497 e. The second kappa shape index (κ2) is 7.83. The van der Waals surface area contributed by atoms with Crippen LogP contribution in [0.2, 0.25) is 0 Å². The fraction of sp³-hybridized carbons (Fsp3) is 0.235. The molecule has 0 aliphatic rings. The lowest BCUT2D eigenvalue weighted by molar-refractivity contribution is 0.0953. The topological polar surface area (TPSA) is 84.5 Å². The second-order valence-corrected chi connectivity index (χ2v) is 6.80. The van der Waals surface area contributed by atoms with Crippen LogP contribution in [0.25, 0.3) is 0 Å². The van der Waals surface area contributed by atoms with Crippen LogP contribution in [0.1, 0.15) is 23.7 Å². The van der Waals surface area contributed by atoms with Crippen molar-refractivity contribution in [3.8, 4) is 5.75 Å². The van der Waals surface area contributed by atoms with Crippen molar-refractivity contribution >= 4 is 21.6 Å². The molecule has 0 radical (unpaired) electrons. The van der Waals surface area contributed by atoms with Gasteiger partial charge >= 0.3 is 0 Å². The SMILES string of the molecule is CCCNC(=O)c1ccc(NS(=O)(=O)c2ccc(OC)cc2)cc1. The highest BCUT2D eigenvalue weighted by Gasteiger charge is 2.14. The fourth-order valence-corrected chi connectivity index (χ4v) is 3.06. The van der Waals surface area contributed by atoms with Crippen molar-refractivity contribution < 1.29 is 17.9 Å². The Hall–Kier alpha value is -2.54. The summed E-state index contributed by atoms with van der Waals surface area (Å²) in [7, 11) is -2.18. The monoisotopic (exact) mass is 348 g/mol. The molecule has 6 nitrogen and oxygen atoms in total. The maximum Gasteiger partial charge on any atom is 0.261 e. The number of ether oxygens (including phenoxy) is 1. The van der Waals surface area contributed by atoms with E-state index in [1.807, 2.05) is 6.92 Å². The molecule has 2 aromatic rings. The summed E-state index contributed by atoms with van der Waals surface area (Å²) in [6.45, 7) is 2.57. The van der Waals surface area contributed by atoms with Crippen LogP contribution in [0.4, 0.5) is 5.69 Å². The van der Waals surface area contributed by atoms with Crippen LogP contribution in [0, 0.1) is 0 Å². The van der Waals surface area contributed by atoms with Gasteiger partial charge in [0.2, 0.25) is 0 Å². The molecule has 0 unspecified atom stereocenters. The molecule has 128 valence electrons. The van der Waals surface area contributed by atoms with Crippen LogP contribution in [-0.2, 0) is 10.0 Å². The van der Waals surface area contributed by atoms with Gasteiger partial charge in [-0.15, -0.1) is 0 Å². The van der Waals surface area contributed by atoms with Crippen LogP contribution in [-0.4, -0.2) is 28.0 Å². The van der Waals surface area contributed by atoms with E-state index in [4.69, 9.17) is 4.74 Å². The van der Waals surface area contributed by atoms with Gasteiger partial charge in [-0.25, -0.2) is 8.42 Å². The van der Waals surface area contributed by atoms with Gasteiger partial charge in [-0.2, -0.15) is 0 Å². The third-order valence-corrected chi connectivity index (χ3v) is 4.70. The Labute approximate surface area is 141 Å². The van der Waals surface area contributed by atoms with Gasteiger partial charge in [-0.3, -0.25) is 9.52 Å². The largest absolute Gasteiger partial charge is 0.497 e. The molecule has 0 atom stereocenters. The number of hydrogen-bond donors (Lipinski definition) is 2. The predicted molar refractivity (Wildman–Crippen MR) is 92.9 cm³/mol. The zero-order valence-electron chi connectivity index (χ0n) is 13.6.